The number of Topliss-reactive ketones (excluding diaryl/α,β-unsaturated/α-hetero) is 2. The fourth-order valence-electron chi connectivity index (χ4n) is 12.4. The largest absolute Gasteiger partial charge is 0.478 e. The second-order valence-corrected chi connectivity index (χ2v) is 42.6. The van der Waals surface area contributed by atoms with Gasteiger partial charge in [-0.25, -0.2) is 52.7 Å². The molecule has 6 atom stereocenters. The molecule has 0 aromatic heterocycles. The number of nitrogens with zero attached hydrogens (tertiary/aromatic N) is 9. The maximum absolute atomic E-state index is 13.9. The Kier molecular flexibility index (Phi) is 49.8. The number of hydrogen-bond donors (Lipinski definition) is 9. The van der Waals surface area contributed by atoms with Crippen molar-refractivity contribution < 1.29 is 130 Å². The van der Waals surface area contributed by atoms with Crippen LogP contribution in [-0.2, 0) is 118 Å². The number of ether oxygens (including phenoxy) is 9. The molecule has 0 fully saturated rings. The first-order valence-corrected chi connectivity index (χ1v) is 47.0. The number of carbonyl (C=O) groups excluding carboxylic acids is 14. The zero-order chi connectivity index (χ0) is 112. The van der Waals surface area contributed by atoms with Crippen LogP contribution in [0.1, 0.15) is 302 Å². The molecular weight excluding hydrogens is 1910 g/mol. The molecule has 802 valence electrons. The average molecular weight is 2050 g/mol. The number of amides is 6. The van der Waals surface area contributed by atoms with Crippen molar-refractivity contribution in [1.29, 1.82) is 0 Å². The van der Waals surface area contributed by atoms with Crippen molar-refractivity contribution in [2.45, 2.75) is 351 Å². The van der Waals surface area contributed by atoms with Gasteiger partial charge in [-0.2, -0.15) is 0 Å². The van der Waals surface area contributed by atoms with Crippen LogP contribution >= 0.6 is 0 Å². The molecule has 0 heterocycles. The number of anilines is 1. The number of rotatable bonds is 39. The summed E-state index contributed by atoms with van der Waals surface area (Å²) in [6.45, 7) is 50.8. The molecule has 0 aliphatic rings. The third-order valence-electron chi connectivity index (χ3n) is 18.2. The minimum Gasteiger partial charge on any atom is -0.478 e. The quantitative estimate of drug-likeness (QED) is 0.00258. The van der Waals surface area contributed by atoms with E-state index in [1.165, 1.54) is 24.3 Å². The smallest absolute Gasteiger partial charge is 0.335 e. The lowest BCUT2D eigenvalue weighted by molar-refractivity contribution is -0.160. The third kappa shape index (κ3) is 56.5. The highest BCUT2D eigenvalue weighted by Crippen LogP contribution is 2.27. The molecular formula is C104H144N16O27. The topological polar surface area (TPSA) is 641 Å². The molecule has 6 amide bonds. The standard InChI is InChI=1S/C64H89N7O16.C27H43N3O7.C8H5N3O4.C5H7N3/c1-59(2,3)82-51(74)29-27-45(53(76)84-61(7,8)9)66-57(80)68-47(55(78)86-63(13,14)15)31-38-19-23-40(24-20-38)33-49(72)42-35-43(37-44(36-42)70-71-65)50(73)34-41-25-21-39(22-26-41)32-48(56(79)87-64(16,17)18)69-58(81)67-46(54(77)85-62(10,11)12)28-30-52(75)83-60(4,5)6;1-25(2,3)35-21(31)15-14-19(22(32)36-26(4,5)6)29-24(34)30-20(23(33)37-27(7,8)9)16-17-10-12-18(28)13-11-17;9-11-10-6-2-4(7(12)13)1-5(3-6)8(14)15;1-3-5(4-2)7-8-6/h19-26,35-37,45-48H,27-34H2,1-18H3,(H2,66,68,80)(H2,67,69,81);10-13,19-20H,14-16,28H2,1-9H3,(H2,29,30,34);1-3H,(H,12,13)(H,14,15);3-4H,1H2,2H3/b;;;5-4+/t45-,46-,47-,48-;19-,20-;;/m00../s1. The van der Waals surface area contributed by atoms with Gasteiger partial charge in [-0.1, -0.05) is 94.7 Å². The molecule has 5 rings (SSSR count). The predicted molar refractivity (Wildman–Crippen MR) is 546 cm³/mol. The molecule has 43 heteroatoms. The van der Waals surface area contributed by atoms with Gasteiger partial charge in [-0.05, 0) is 306 Å². The summed E-state index contributed by atoms with van der Waals surface area (Å²) in [4.78, 5) is 214. The SMILES string of the molecule is C=C/C(=C\C)N=[N+]=[N-].CC(C)(C)OC(=O)CC[C@H](NC(=O)N[C@@H](Cc1ccc(CC(=O)c2cc(N=[N+]=[N-])cc(C(=O)Cc3ccc(C[C@H](NC(=O)N[C@@H](CCC(=O)OC(C)(C)C)C(=O)OC(C)(C)C)C(=O)OC(C)(C)C)cc3)c2)cc1)C(=O)OC(C)(C)C)C(=O)OC(C)(C)C.CC(C)(C)OC(=O)CC[C@H](NC(=O)N[C@@H](Cc1ccc(N)cc1)C(=O)OC(C)(C)C)C(=O)OC(C)(C)C.[N-]=[N+]=Nc1cc(C(=O)O)cc(C(=O)O)c1. The Balaban J connectivity index is 0.000000979. The summed E-state index contributed by atoms with van der Waals surface area (Å²) < 4.78 is 49.3. The van der Waals surface area contributed by atoms with E-state index in [-0.39, 0.29) is 104 Å². The Morgan fingerprint density at radius 2 is 0.551 bits per heavy atom. The van der Waals surface area contributed by atoms with Gasteiger partial charge in [0.25, 0.3) is 0 Å². The van der Waals surface area contributed by atoms with E-state index in [1.807, 2.05) is 0 Å². The lowest BCUT2D eigenvalue weighted by Crippen LogP contribution is -2.53. The van der Waals surface area contributed by atoms with Gasteiger partial charge in [-0.15, -0.1) is 0 Å². The molecule has 0 aliphatic carbocycles. The van der Waals surface area contributed by atoms with Crippen LogP contribution in [-0.4, -0.2) is 192 Å². The molecule has 0 aliphatic heterocycles. The zero-order valence-corrected chi connectivity index (χ0v) is 89.2. The fraction of sp³-hybridized carbons (Fsp3) is 0.519. The Morgan fingerprint density at radius 1 is 0.333 bits per heavy atom. The van der Waals surface area contributed by atoms with Gasteiger partial charge < -0.3 is 90.5 Å². The van der Waals surface area contributed by atoms with Crippen LogP contribution < -0.4 is 37.6 Å². The number of nitrogen functional groups attached to an aromatic ring is 1. The molecule has 0 saturated heterocycles. The van der Waals surface area contributed by atoms with Crippen molar-refractivity contribution in [1.82, 2.24) is 31.9 Å². The number of esters is 9. The van der Waals surface area contributed by atoms with Crippen LogP contribution in [0.5, 0.6) is 0 Å². The van der Waals surface area contributed by atoms with Crippen LogP contribution in [0, 0.1) is 0 Å². The number of aromatic carboxylic acids is 2. The highest BCUT2D eigenvalue weighted by atomic mass is 16.6. The number of carbonyl (C=O) groups is 16. The van der Waals surface area contributed by atoms with Gasteiger partial charge in [0.15, 0.2) is 11.6 Å². The van der Waals surface area contributed by atoms with Crippen molar-refractivity contribution in [3.8, 4) is 0 Å². The maximum atomic E-state index is 13.9. The molecule has 43 nitrogen and oxygen atoms in total. The number of nitrogens with one attached hydrogen (secondary N) is 6. The maximum Gasteiger partial charge on any atom is 0.335 e. The monoisotopic (exact) mass is 2050 g/mol. The first kappa shape index (κ1) is 128. The summed E-state index contributed by atoms with van der Waals surface area (Å²) in [6, 6.07) is 17.5. The van der Waals surface area contributed by atoms with Crippen LogP contribution in [0.15, 0.2) is 149 Å². The van der Waals surface area contributed by atoms with E-state index in [4.69, 9.17) is 69.6 Å². The zero-order valence-electron chi connectivity index (χ0n) is 89.2. The first-order valence-electron chi connectivity index (χ1n) is 47.0. The van der Waals surface area contributed by atoms with E-state index >= 15 is 0 Å². The highest BCUT2D eigenvalue weighted by Gasteiger charge is 2.38. The molecule has 0 spiro atoms. The number of allylic oxidation sites excluding steroid dienone is 2. The summed E-state index contributed by atoms with van der Waals surface area (Å²) in [7, 11) is 0. The summed E-state index contributed by atoms with van der Waals surface area (Å²) in [5, 5.41) is 42.9. The lowest BCUT2D eigenvalue weighted by Gasteiger charge is -2.27. The lowest BCUT2D eigenvalue weighted by atomic mass is 9.95. The average Bonchev–Trinajstić information content (AvgIpc) is 0.833. The predicted octanol–water partition coefficient (Wildman–Crippen LogP) is 18.3. The van der Waals surface area contributed by atoms with E-state index in [0.29, 0.717) is 33.6 Å². The number of azide groups is 3. The Bertz CT molecular complexity index is 5390. The van der Waals surface area contributed by atoms with E-state index < -0.39 is 182 Å². The Labute approximate surface area is 857 Å². The van der Waals surface area contributed by atoms with E-state index in [1.54, 1.807) is 273 Å². The minimum absolute atomic E-state index is 0.0211. The summed E-state index contributed by atoms with van der Waals surface area (Å²) in [6.07, 6.45) is 1.95. The molecule has 0 bridgehead atoms. The van der Waals surface area contributed by atoms with Gasteiger partial charge in [0.05, 0.1) is 11.1 Å². The molecule has 5 aromatic carbocycles. The normalized spacial score (nSPS) is 12.8. The summed E-state index contributed by atoms with van der Waals surface area (Å²) in [5.74, 6) is -9.60. The van der Waals surface area contributed by atoms with Crippen molar-refractivity contribution in [3.05, 3.63) is 215 Å². The van der Waals surface area contributed by atoms with Gasteiger partial charge in [0.2, 0.25) is 0 Å². The molecule has 5 aromatic rings. The molecule has 0 radical (unpaired) electrons. The second-order valence-electron chi connectivity index (χ2n) is 42.6. The van der Waals surface area contributed by atoms with Crippen LogP contribution in [0.25, 0.3) is 31.3 Å². The van der Waals surface area contributed by atoms with Crippen molar-refractivity contribution >= 4 is 112 Å². The molecule has 0 unspecified atom stereocenters. The van der Waals surface area contributed by atoms with Gasteiger partial charge in [0.1, 0.15) is 86.7 Å². The summed E-state index contributed by atoms with van der Waals surface area (Å²) in [5.41, 5.74) is 27.3. The number of carboxylic acid groups (broad SMARTS) is 2. The van der Waals surface area contributed by atoms with Crippen LogP contribution in [0.2, 0.25) is 0 Å². The number of carboxylic acids is 2. The van der Waals surface area contributed by atoms with E-state index in [2.05, 4.69) is 68.6 Å². The number of ketones is 2. The second kappa shape index (κ2) is 57.4. The molecule has 0 saturated carbocycles. The number of nitrogens with two attached hydrogens (primary N) is 1. The van der Waals surface area contributed by atoms with Gasteiger partial charge in [0, 0.05) is 100.0 Å². The number of urea groups is 3. The number of hydrogen-bond acceptors (Lipinski definition) is 29. The Morgan fingerprint density at radius 3 is 0.762 bits per heavy atom. The van der Waals surface area contributed by atoms with Crippen LogP contribution in [0.3, 0.4) is 0 Å². The summed E-state index contributed by atoms with van der Waals surface area (Å²) >= 11 is 0. The third-order valence-corrected chi connectivity index (χ3v) is 18.2. The van der Waals surface area contributed by atoms with Crippen LogP contribution in [0.4, 0.5) is 31.4 Å². The molecule has 10 N–H and O–H groups in total. The Hall–Kier alpha value is -15.4. The van der Waals surface area contributed by atoms with E-state index in [9.17, 15) is 82.2 Å². The highest BCUT2D eigenvalue weighted by molar-refractivity contribution is 6.04. The first-order chi connectivity index (χ1) is 67.5. The minimum atomic E-state index is -1.29. The van der Waals surface area contributed by atoms with Crippen molar-refractivity contribution in [2.75, 3.05) is 5.73 Å². The number of benzene rings is 5. The fourth-order valence-corrected chi connectivity index (χ4v) is 12.4. The van der Waals surface area contributed by atoms with Crippen molar-refractivity contribution in [2.24, 2.45) is 15.3 Å². The van der Waals surface area contributed by atoms with Gasteiger partial charge in [-0.3, -0.25) is 24.0 Å². The van der Waals surface area contributed by atoms with E-state index in [0.717, 1.165) is 23.8 Å². The van der Waals surface area contributed by atoms with Gasteiger partial charge >= 0.3 is 83.8 Å². The molecule has 147 heavy (non-hydrogen) atoms. The van der Waals surface area contributed by atoms with Crippen molar-refractivity contribution in [3.63, 3.8) is 0 Å².